The molecule has 2 fully saturated rings. The summed E-state index contributed by atoms with van der Waals surface area (Å²) < 4.78 is 0. The van der Waals surface area contributed by atoms with Gasteiger partial charge in [0, 0.05) is 44.0 Å². The van der Waals surface area contributed by atoms with Gasteiger partial charge >= 0.3 is 5.97 Å². The first-order valence-corrected chi connectivity index (χ1v) is 9.71. The van der Waals surface area contributed by atoms with Crippen molar-refractivity contribution in [2.45, 2.75) is 19.3 Å². The molecular weight excluding hydrogens is 356 g/mol. The summed E-state index contributed by atoms with van der Waals surface area (Å²) >= 11 is 0. The van der Waals surface area contributed by atoms with Gasteiger partial charge < -0.3 is 20.2 Å². The first kappa shape index (κ1) is 18.3. The van der Waals surface area contributed by atoms with Crippen LogP contribution in [0.4, 0.5) is 17.2 Å². The minimum atomic E-state index is -1.03. The summed E-state index contributed by atoms with van der Waals surface area (Å²) in [6, 6.07) is 11.1. The molecule has 1 aromatic heterocycles. The third kappa shape index (κ3) is 3.78. The minimum absolute atomic E-state index is 0.0148. The average Bonchev–Trinajstić information content (AvgIpc) is 2.67. The van der Waals surface area contributed by atoms with Crippen molar-refractivity contribution < 1.29 is 14.7 Å². The topological polar surface area (TPSA) is 85.8 Å². The number of hydrogen-bond donors (Lipinski definition) is 2. The minimum Gasteiger partial charge on any atom is -0.478 e. The van der Waals surface area contributed by atoms with E-state index in [9.17, 15) is 14.7 Å². The SMILES string of the molecule is O=C(O)c1cc(N2CCN(c3ccccn3)CC2)ccc1NC(=O)C1CCC1. The molecule has 7 nitrogen and oxygen atoms in total. The summed E-state index contributed by atoms with van der Waals surface area (Å²) in [5.74, 6) is -0.133. The standard InChI is InChI=1S/C21H24N4O3/c26-20(15-4-3-5-15)23-18-8-7-16(14-17(18)21(27)28)24-10-12-25(13-11-24)19-6-1-2-9-22-19/h1-2,6-9,14-15H,3-5,10-13H2,(H,23,26)(H,27,28). The first-order valence-electron chi connectivity index (χ1n) is 9.71. The van der Waals surface area contributed by atoms with Crippen LogP contribution in [0.15, 0.2) is 42.6 Å². The van der Waals surface area contributed by atoms with Crippen LogP contribution < -0.4 is 15.1 Å². The van der Waals surface area contributed by atoms with Crippen LogP contribution in [0.2, 0.25) is 0 Å². The molecule has 4 rings (SSSR count). The van der Waals surface area contributed by atoms with Gasteiger partial charge in [0.2, 0.25) is 5.91 Å². The number of nitrogens with one attached hydrogen (secondary N) is 1. The fourth-order valence-corrected chi connectivity index (χ4v) is 3.65. The maximum atomic E-state index is 12.2. The number of carboxylic acid groups (broad SMARTS) is 1. The monoisotopic (exact) mass is 380 g/mol. The zero-order chi connectivity index (χ0) is 19.5. The third-order valence-corrected chi connectivity index (χ3v) is 5.59. The Morgan fingerprint density at radius 1 is 1.04 bits per heavy atom. The largest absolute Gasteiger partial charge is 0.478 e. The Bertz CT molecular complexity index is 859. The fourth-order valence-electron chi connectivity index (χ4n) is 3.65. The number of rotatable bonds is 5. The molecule has 7 heteroatoms. The number of aromatic carboxylic acids is 1. The molecule has 2 N–H and O–H groups in total. The number of nitrogens with zero attached hydrogens (tertiary/aromatic N) is 3. The Balaban J connectivity index is 1.45. The second-order valence-corrected chi connectivity index (χ2v) is 7.31. The van der Waals surface area contributed by atoms with Crippen LogP contribution in [0.3, 0.4) is 0 Å². The van der Waals surface area contributed by atoms with Gasteiger partial charge in [-0.25, -0.2) is 9.78 Å². The fraction of sp³-hybridized carbons (Fsp3) is 0.381. The number of carbonyl (C=O) groups excluding carboxylic acids is 1. The van der Waals surface area contributed by atoms with Gasteiger partial charge in [0.05, 0.1) is 11.3 Å². The predicted octanol–water partition coefficient (Wildman–Crippen LogP) is 2.85. The molecule has 2 aliphatic rings. The van der Waals surface area contributed by atoms with E-state index in [0.717, 1.165) is 56.9 Å². The number of carbonyl (C=O) groups is 2. The van der Waals surface area contributed by atoms with Gasteiger partial charge in [-0.15, -0.1) is 0 Å². The number of hydrogen-bond acceptors (Lipinski definition) is 5. The number of anilines is 3. The highest BCUT2D eigenvalue weighted by molar-refractivity contribution is 6.02. The summed E-state index contributed by atoms with van der Waals surface area (Å²) in [6.07, 6.45) is 4.62. The van der Waals surface area contributed by atoms with Crippen molar-refractivity contribution in [2.75, 3.05) is 41.3 Å². The first-order chi connectivity index (χ1) is 13.6. The molecule has 1 aliphatic heterocycles. The number of carboxylic acids is 1. The Kier molecular flexibility index (Phi) is 5.14. The molecule has 0 radical (unpaired) electrons. The molecule has 1 saturated heterocycles. The Morgan fingerprint density at radius 2 is 1.79 bits per heavy atom. The zero-order valence-electron chi connectivity index (χ0n) is 15.7. The number of benzene rings is 1. The van der Waals surface area contributed by atoms with Crippen molar-refractivity contribution in [1.29, 1.82) is 0 Å². The van der Waals surface area contributed by atoms with Gasteiger partial charge in [0.15, 0.2) is 0 Å². The van der Waals surface area contributed by atoms with E-state index in [4.69, 9.17) is 0 Å². The van der Waals surface area contributed by atoms with Gasteiger partial charge in [0.1, 0.15) is 5.82 Å². The summed E-state index contributed by atoms with van der Waals surface area (Å²) in [5, 5.41) is 12.4. The lowest BCUT2D eigenvalue weighted by Gasteiger charge is -2.37. The zero-order valence-corrected chi connectivity index (χ0v) is 15.7. The molecule has 1 aliphatic carbocycles. The van der Waals surface area contributed by atoms with Crippen LogP contribution in [0.25, 0.3) is 0 Å². The van der Waals surface area contributed by atoms with Crippen LogP contribution in [0.5, 0.6) is 0 Å². The summed E-state index contributed by atoms with van der Waals surface area (Å²) in [5.41, 5.74) is 1.37. The lowest BCUT2D eigenvalue weighted by atomic mass is 9.85. The van der Waals surface area contributed by atoms with E-state index in [-0.39, 0.29) is 17.4 Å². The molecule has 0 atom stereocenters. The highest BCUT2D eigenvalue weighted by Crippen LogP contribution is 2.30. The van der Waals surface area contributed by atoms with Gasteiger partial charge in [-0.3, -0.25) is 4.79 Å². The molecule has 0 bridgehead atoms. The Hall–Kier alpha value is -3.09. The van der Waals surface area contributed by atoms with Crippen molar-refractivity contribution in [3.8, 4) is 0 Å². The Morgan fingerprint density at radius 3 is 2.39 bits per heavy atom. The van der Waals surface area contributed by atoms with Crippen LogP contribution >= 0.6 is 0 Å². The molecule has 1 saturated carbocycles. The average molecular weight is 380 g/mol. The molecule has 2 aromatic rings. The van der Waals surface area contributed by atoms with Gasteiger partial charge in [0.25, 0.3) is 0 Å². The van der Waals surface area contributed by atoms with Gasteiger partial charge in [-0.05, 0) is 43.2 Å². The molecule has 28 heavy (non-hydrogen) atoms. The number of piperazine rings is 1. The lowest BCUT2D eigenvalue weighted by molar-refractivity contribution is -0.122. The van der Waals surface area contributed by atoms with E-state index in [1.165, 1.54) is 0 Å². The lowest BCUT2D eigenvalue weighted by Crippen LogP contribution is -2.46. The normalized spacial score (nSPS) is 17.1. The molecule has 1 aromatic carbocycles. The maximum absolute atomic E-state index is 12.2. The van der Waals surface area contributed by atoms with Crippen LogP contribution in [-0.2, 0) is 4.79 Å². The van der Waals surface area contributed by atoms with Crippen molar-refractivity contribution in [2.24, 2.45) is 5.92 Å². The number of aromatic nitrogens is 1. The molecule has 0 unspecified atom stereocenters. The predicted molar refractivity (Wildman–Crippen MR) is 108 cm³/mol. The highest BCUT2D eigenvalue weighted by atomic mass is 16.4. The van der Waals surface area contributed by atoms with E-state index in [1.807, 2.05) is 24.3 Å². The second-order valence-electron chi connectivity index (χ2n) is 7.31. The van der Waals surface area contributed by atoms with Gasteiger partial charge in [-0.1, -0.05) is 12.5 Å². The molecule has 0 spiro atoms. The quantitative estimate of drug-likeness (QED) is 0.830. The molecular formula is C21H24N4O3. The summed E-state index contributed by atoms with van der Waals surface area (Å²) in [7, 11) is 0. The molecule has 146 valence electrons. The maximum Gasteiger partial charge on any atom is 0.337 e. The summed E-state index contributed by atoms with van der Waals surface area (Å²) in [6.45, 7) is 3.20. The van der Waals surface area contributed by atoms with Gasteiger partial charge in [-0.2, -0.15) is 0 Å². The van der Waals surface area contributed by atoms with Crippen LogP contribution in [-0.4, -0.2) is 48.1 Å². The number of amides is 1. The smallest absolute Gasteiger partial charge is 0.337 e. The van der Waals surface area contributed by atoms with Crippen molar-refractivity contribution in [3.05, 3.63) is 48.2 Å². The molecule has 1 amide bonds. The van der Waals surface area contributed by atoms with E-state index in [1.54, 1.807) is 18.3 Å². The van der Waals surface area contributed by atoms with E-state index >= 15 is 0 Å². The van der Waals surface area contributed by atoms with Crippen LogP contribution in [0.1, 0.15) is 29.6 Å². The molecule has 2 heterocycles. The van der Waals surface area contributed by atoms with Crippen LogP contribution in [0, 0.1) is 5.92 Å². The van der Waals surface area contributed by atoms with Crippen molar-refractivity contribution >= 4 is 29.1 Å². The third-order valence-electron chi connectivity index (χ3n) is 5.59. The van der Waals surface area contributed by atoms with E-state index in [0.29, 0.717) is 5.69 Å². The second kappa shape index (κ2) is 7.88. The van der Waals surface area contributed by atoms with Crippen molar-refractivity contribution in [1.82, 2.24) is 4.98 Å². The van der Waals surface area contributed by atoms with E-state index in [2.05, 4.69) is 20.1 Å². The Labute approximate surface area is 164 Å². The summed E-state index contributed by atoms with van der Waals surface area (Å²) in [4.78, 5) is 32.7. The van der Waals surface area contributed by atoms with E-state index < -0.39 is 5.97 Å². The highest BCUT2D eigenvalue weighted by Gasteiger charge is 2.27. The number of pyridine rings is 1. The van der Waals surface area contributed by atoms with Crippen molar-refractivity contribution in [3.63, 3.8) is 0 Å².